The summed E-state index contributed by atoms with van der Waals surface area (Å²) in [6.45, 7) is 3.06. The molecule has 18 heteroatoms. The van der Waals surface area contributed by atoms with Gasteiger partial charge in [-0.05, 0) is 24.5 Å². The summed E-state index contributed by atoms with van der Waals surface area (Å²) in [6.07, 6.45) is 3.17. The van der Waals surface area contributed by atoms with Crippen LogP contribution >= 0.6 is 0 Å². The number of hydrogen-bond donors (Lipinski definition) is 2. The molecule has 0 spiro atoms. The Morgan fingerprint density at radius 3 is 2.10 bits per heavy atom. The van der Waals surface area contributed by atoms with E-state index in [1.807, 2.05) is 44.2 Å². The third-order valence-corrected chi connectivity index (χ3v) is 5.85. The molecular formula is C24H24F6N8O4. The van der Waals surface area contributed by atoms with Crippen LogP contribution < -0.4 is 0 Å². The standard InChI is InChI=1S/C20H22N8.2C2HF3O2/c1-26-13-16(10-24-26)18-11-22-19-20(25-18)28(14-23-19)17-4-7-27(8-5-17)12-15-3-2-6-21-9-15;2*3-2(4,5)1(6)7/h2-3,6,9-11,13-14,17H,4-5,7-8,12H2,1H3;2*(H,6,7). The Kier molecular flexibility index (Phi) is 10.2. The van der Waals surface area contributed by atoms with Gasteiger partial charge in [0.1, 0.15) is 0 Å². The van der Waals surface area contributed by atoms with Crippen molar-refractivity contribution in [2.24, 2.45) is 7.05 Å². The molecule has 12 nitrogen and oxygen atoms in total. The van der Waals surface area contributed by atoms with Crippen LogP contribution in [-0.2, 0) is 23.2 Å². The lowest BCUT2D eigenvalue weighted by atomic mass is 10.0. The maximum Gasteiger partial charge on any atom is 0.490 e. The van der Waals surface area contributed by atoms with Crippen LogP contribution in [-0.4, -0.2) is 86.8 Å². The Morgan fingerprint density at radius 1 is 0.976 bits per heavy atom. The molecule has 42 heavy (non-hydrogen) atoms. The number of aryl methyl sites for hydroxylation is 1. The molecule has 1 fully saturated rings. The van der Waals surface area contributed by atoms with Crippen LogP contribution in [0.1, 0.15) is 24.4 Å². The van der Waals surface area contributed by atoms with Crippen molar-refractivity contribution < 1.29 is 46.1 Å². The molecule has 2 N–H and O–H groups in total. The first kappa shape index (κ1) is 31.9. The van der Waals surface area contributed by atoms with Crippen LogP contribution in [0.5, 0.6) is 0 Å². The number of likely N-dealkylation sites (tertiary alicyclic amines) is 1. The zero-order valence-corrected chi connectivity index (χ0v) is 21.8. The van der Waals surface area contributed by atoms with Crippen molar-refractivity contribution in [3.63, 3.8) is 0 Å². The molecular weight excluding hydrogens is 578 g/mol. The molecule has 0 amide bonds. The van der Waals surface area contributed by atoms with E-state index in [1.165, 1.54) is 5.56 Å². The molecule has 0 radical (unpaired) electrons. The van der Waals surface area contributed by atoms with Gasteiger partial charge in [0.05, 0.1) is 24.4 Å². The van der Waals surface area contributed by atoms with Gasteiger partial charge in [-0.15, -0.1) is 0 Å². The number of imidazole rings is 1. The number of fused-ring (bicyclic) bond motifs is 1. The lowest BCUT2D eigenvalue weighted by Gasteiger charge is -2.32. The highest BCUT2D eigenvalue weighted by molar-refractivity contribution is 5.73. The molecule has 5 heterocycles. The van der Waals surface area contributed by atoms with Gasteiger partial charge in [0.2, 0.25) is 0 Å². The SMILES string of the molecule is Cn1cc(-c2cnc3ncn(C4CCN(Cc5cccnc5)CC4)c3n2)cn1.O=C(O)C(F)(F)F.O=C(O)C(F)(F)F. The van der Waals surface area contributed by atoms with Crippen LogP contribution in [0.15, 0.2) is 49.4 Å². The second-order valence-corrected chi connectivity index (χ2v) is 8.93. The summed E-state index contributed by atoms with van der Waals surface area (Å²) in [6, 6.07) is 4.53. The predicted octanol–water partition coefficient (Wildman–Crippen LogP) is 3.73. The second-order valence-electron chi connectivity index (χ2n) is 8.93. The smallest absolute Gasteiger partial charge is 0.475 e. The average molecular weight is 602 g/mol. The summed E-state index contributed by atoms with van der Waals surface area (Å²) < 4.78 is 67.4. The number of carbonyl (C=O) groups is 2. The van der Waals surface area contributed by atoms with E-state index in [0.29, 0.717) is 11.7 Å². The highest BCUT2D eigenvalue weighted by Crippen LogP contribution is 2.27. The Labute approximate surface area is 233 Å². The number of nitrogens with zero attached hydrogens (tertiary/aromatic N) is 8. The van der Waals surface area contributed by atoms with Gasteiger partial charge >= 0.3 is 24.3 Å². The van der Waals surface area contributed by atoms with Crippen molar-refractivity contribution >= 4 is 23.2 Å². The fourth-order valence-electron chi connectivity index (χ4n) is 3.87. The summed E-state index contributed by atoms with van der Waals surface area (Å²) in [4.78, 5) is 38.3. The number of rotatable bonds is 4. The third kappa shape index (κ3) is 8.95. The Balaban J connectivity index is 0.000000289. The van der Waals surface area contributed by atoms with Gasteiger partial charge in [0.15, 0.2) is 11.3 Å². The molecule has 4 aromatic rings. The first-order valence-electron chi connectivity index (χ1n) is 12.0. The second kappa shape index (κ2) is 13.4. The van der Waals surface area contributed by atoms with Crippen molar-refractivity contribution in [1.82, 2.24) is 39.2 Å². The maximum atomic E-state index is 10.6. The number of aromatic nitrogens is 7. The van der Waals surface area contributed by atoms with E-state index >= 15 is 0 Å². The van der Waals surface area contributed by atoms with Gasteiger partial charge in [0, 0.05) is 56.9 Å². The molecule has 0 aliphatic carbocycles. The lowest BCUT2D eigenvalue weighted by molar-refractivity contribution is -0.193. The summed E-state index contributed by atoms with van der Waals surface area (Å²) >= 11 is 0. The Bertz CT molecular complexity index is 1460. The number of carboxylic acid groups (broad SMARTS) is 2. The lowest BCUT2D eigenvalue weighted by Crippen LogP contribution is -2.34. The van der Waals surface area contributed by atoms with E-state index < -0.39 is 24.3 Å². The first-order valence-corrected chi connectivity index (χ1v) is 12.0. The first-order chi connectivity index (χ1) is 19.6. The minimum absolute atomic E-state index is 0.397. The number of alkyl halides is 6. The highest BCUT2D eigenvalue weighted by atomic mass is 19.4. The van der Waals surface area contributed by atoms with E-state index in [0.717, 1.165) is 49.4 Å². The van der Waals surface area contributed by atoms with Crippen molar-refractivity contribution in [2.45, 2.75) is 37.8 Å². The summed E-state index contributed by atoms with van der Waals surface area (Å²) in [5, 5.41) is 18.5. The number of aliphatic carboxylic acids is 2. The molecule has 1 saturated heterocycles. The topological polar surface area (TPSA) is 152 Å². The summed E-state index contributed by atoms with van der Waals surface area (Å²) in [7, 11) is 1.90. The van der Waals surface area contributed by atoms with Gasteiger partial charge in [-0.1, -0.05) is 6.07 Å². The minimum Gasteiger partial charge on any atom is -0.475 e. The van der Waals surface area contributed by atoms with Gasteiger partial charge in [-0.2, -0.15) is 31.4 Å². The fraction of sp³-hybridized carbons (Fsp3) is 0.375. The van der Waals surface area contributed by atoms with Crippen molar-refractivity contribution in [1.29, 1.82) is 0 Å². The fourth-order valence-corrected chi connectivity index (χ4v) is 3.87. The molecule has 4 aromatic heterocycles. The predicted molar refractivity (Wildman–Crippen MR) is 133 cm³/mol. The Morgan fingerprint density at radius 2 is 1.60 bits per heavy atom. The molecule has 0 saturated carbocycles. The molecule has 0 unspecified atom stereocenters. The molecule has 0 bridgehead atoms. The highest BCUT2D eigenvalue weighted by Gasteiger charge is 2.38. The van der Waals surface area contributed by atoms with Crippen LogP contribution in [0.4, 0.5) is 26.3 Å². The molecule has 226 valence electrons. The van der Waals surface area contributed by atoms with E-state index in [4.69, 9.17) is 24.8 Å². The zero-order valence-electron chi connectivity index (χ0n) is 21.8. The van der Waals surface area contributed by atoms with E-state index in [-0.39, 0.29) is 0 Å². The van der Waals surface area contributed by atoms with Crippen LogP contribution in [0, 0.1) is 0 Å². The van der Waals surface area contributed by atoms with Crippen LogP contribution in [0.25, 0.3) is 22.6 Å². The van der Waals surface area contributed by atoms with E-state index in [2.05, 4.69) is 35.6 Å². The summed E-state index contributed by atoms with van der Waals surface area (Å²) in [5.41, 5.74) is 4.62. The van der Waals surface area contributed by atoms with Crippen LogP contribution in [0.2, 0.25) is 0 Å². The quantitative estimate of drug-likeness (QED) is 0.331. The van der Waals surface area contributed by atoms with Crippen molar-refractivity contribution in [2.75, 3.05) is 13.1 Å². The number of hydrogen-bond acceptors (Lipinski definition) is 8. The minimum atomic E-state index is -5.08. The van der Waals surface area contributed by atoms with Crippen molar-refractivity contribution in [3.8, 4) is 11.3 Å². The Hall–Kier alpha value is -4.61. The van der Waals surface area contributed by atoms with E-state index in [1.54, 1.807) is 10.9 Å². The maximum absolute atomic E-state index is 10.6. The molecule has 0 aromatic carbocycles. The normalized spacial score (nSPS) is 14.5. The molecule has 5 rings (SSSR count). The van der Waals surface area contributed by atoms with Gasteiger partial charge in [-0.3, -0.25) is 14.6 Å². The summed E-state index contributed by atoms with van der Waals surface area (Å²) in [5.74, 6) is -5.51. The molecule has 0 atom stereocenters. The van der Waals surface area contributed by atoms with E-state index in [9.17, 15) is 26.3 Å². The monoisotopic (exact) mass is 602 g/mol. The van der Waals surface area contributed by atoms with Crippen LogP contribution in [0.3, 0.4) is 0 Å². The number of piperidine rings is 1. The van der Waals surface area contributed by atoms with Gasteiger partial charge < -0.3 is 14.8 Å². The molecule has 1 aliphatic heterocycles. The van der Waals surface area contributed by atoms with Gasteiger partial charge in [0.25, 0.3) is 0 Å². The zero-order chi connectivity index (χ0) is 31.1. The number of pyridine rings is 1. The average Bonchev–Trinajstić information content (AvgIpc) is 3.55. The number of carboxylic acids is 2. The number of halogens is 6. The molecule has 1 aliphatic rings. The third-order valence-electron chi connectivity index (χ3n) is 5.85. The van der Waals surface area contributed by atoms with Gasteiger partial charge in [-0.25, -0.2) is 24.5 Å². The largest absolute Gasteiger partial charge is 0.490 e. The van der Waals surface area contributed by atoms with Crippen molar-refractivity contribution in [3.05, 3.63) is 55.0 Å².